The summed E-state index contributed by atoms with van der Waals surface area (Å²) in [6.07, 6.45) is 0.575. The molecule has 1 aliphatic heterocycles. The summed E-state index contributed by atoms with van der Waals surface area (Å²) in [5.41, 5.74) is 4.36. The van der Waals surface area contributed by atoms with E-state index in [2.05, 4.69) is 10.6 Å². The molecule has 0 saturated heterocycles. The molecule has 0 radical (unpaired) electrons. The summed E-state index contributed by atoms with van der Waals surface area (Å²) in [6.45, 7) is 0.274. The highest BCUT2D eigenvalue weighted by atomic mass is 35.5. The van der Waals surface area contributed by atoms with E-state index in [0.29, 0.717) is 18.7 Å². The number of hydrogen-bond donors (Lipinski definition) is 4. The molecule has 0 unspecified atom stereocenters. The first-order valence-corrected chi connectivity index (χ1v) is 7.92. The highest BCUT2D eigenvalue weighted by Crippen LogP contribution is 2.23. The molecule has 138 valence electrons. The van der Waals surface area contributed by atoms with Gasteiger partial charge in [-0.25, -0.2) is 5.48 Å². The third kappa shape index (κ3) is 4.95. The van der Waals surface area contributed by atoms with E-state index in [1.54, 1.807) is 6.07 Å². The standard InChI is InChI=1S/C18H19N3O4.ClH/c22-17(21-24)11-25-15-7-6-12-9-16(19-10-13(12)8-15)18(23)20-14-4-2-1-3-5-14;/h1-8,16,19,24H,9-11H2,(H,20,23)(H,21,22);1H/t16-;/m0./s1. The van der Waals surface area contributed by atoms with Crippen LogP contribution in [0, 0.1) is 0 Å². The van der Waals surface area contributed by atoms with Crippen LogP contribution in [0.2, 0.25) is 0 Å². The van der Waals surface area contributed by atoms with Crippen molar-refractivity contribution >= 4 is 29.9 Å². The number of carbonyl (C=O) groups is 2. The zero-order valence-corrected chi connectivity index (χ0v) is 14.7. The van der Waals surface area contributed by atoms with Crippen LogP contribution in [-0.4, -0.2) is 29.7 Å². The van der Waals surface area contributed by atoms with Crippen molar-refractivity contribution in [1.29, 1.82) is 0 Å². The summed E-state index contributed by atoms with van der Waals surface area (Å²) in [5, 5.41) is 14.6. The summed E-state index contributed by atoms with van der Waals surface area (Å²) < 4.78 is 5.30. The van der Waals surface area contributed by atoms with Gasteiger partial charge in [0.2, 0.25) is 5.91 Å². The van der Waals surface area contributed by atoms with Gasteiger partial charge < -0.3 is 15.4 Å². The Balaban J connectivity index is 0.00000243. The van der Waals surface area contributed by atoms with Crippen LogP contribution >= 0.6 is 12.4 Å². The van der Waals surface area contributed by atoms with E-state index < -0.39 is 5.91 Å². The van der Waals surface area contributed by atoms with Gasteiger partial charge in [-0.15, -0.1) is 12.4 Å². The van der Waals surface area contributed by atoms with Crippen LogP contribution in [0.5, 0.6) is 5.75 Å². The first-order chi connectivity index (χ1) is 12.2. The fourth-order valence-electron chi connectivity index (χ4n) is 2.70. The summed E-state index contributed by atoms with van der Waals surface area (Å²) >= 11 is 0. The molecular weight excluding hydrogens is 358 g/mol. The Kier molecular flexibility index (Phi) is 6.97. The zero-order valence-electron chi connectivity index (χ0n) is 13.9. The quantitative estimate of drug-likeness (QED) is 0.469. The highest BCUT2D eigenvalue weighted by Gasteiger charge is 2.24. The molecule has 0 saturated carbocycles. The smallest absolute Gasteiger partial charge is 0.281 e. The molecule has 0 aliphatic carbocycles. The fraction of sp³-hybridized carbons (Fsp3) is 0.222. The van der Waals surface area contributed by atoms with Gasteiger partial charge in [-0.2, -0.15) is 0 Å². The van der Waals surface area contributed by atoms with Gasteiger partial charge in [-0.1, -0.05) is 24.3 Å². The second-order valence-electron chi connectivity index (χ2n) is 5.75. The number of fused-ring (bicyclic) bond motifs is 1. The van der Waals surface area contributed by atoms with E-state index in [4.69, 9.17) is 9.94 Å². The van der Waals surface area contributed by atoms with E-state index >= 15 is 0 Å². The Morgan fingerprint density at radius 1 is 1.15 bits per heavy atom. The van der Waals surface area contributed by atoms with Crippen LogP contribution in [0.4, 0.5) is 5.69 Å². The van der Waals surface area contributed by atoms with Crippen molar-refractivity contribution in [3.8, 4) is 5.75 Å². The molecule has 1 heterocycles. The Labute approximate surface area is 157 Å². The second-order valence-corrected chi connectivity index (χ2v) is 5.75. The molecule has 2 aromatic carbocycles. The molecule has 26 heavy (non-hydrogen) atoms. The van der Waals surface area contributed by atoms with Crippen molar-refractivity contribution in [3.63, 3.8) is 0 Å². The summed E-state index contributed by atoms with van der Waals surface area (Å²) in [7, 11) is 0. The monoisotopic (exact) mass is 377 g/mol. The van der Waals surface area contributed by atoms with Crippen molar-refractivity contribution in [2.75, 3.05) is 11.9 Å². The van der Waals surface area contributed by atoms with Gasteiger partial charge >= 0.3 is 0 Å². The van der Waals surface area contributed by atoms with Crippen molar-refractivity contribution in [2.45, 2.75) is 19.0 Å². The van der Waals surface area contributed by atoms with Crippen LogP contribution in [0.1, 0.15) is 11.1 Å². The van der Waals surface area contributed by atoms with Gasteiger partial charge in [0.15, 0.2) is 6.61 Å². The van der Waals surface area contributed by atoms with Crippen molar-refractivity contribution in [1.82, 2.24) is 10.8 Å². The number of para-hydroxylation sites is 1. The maximum absolute atomic E-state index is 12.4. The summed E-state index contributed by atoms with van der Waals surface area (Å²) in [5.74, 6) is -0.151. The Bertz CT molecular complexity index is 770. The molecule has 0 aromatic heterocycles. The number of rotatable bonds is 5. The van der Waals surface area contributed by atoms with Crippen LogP contribution in [0.15, 0.2) is 48.5 Å². The predicted octanol–water partition coefficient (Wildman–Crippen LogP) is 1.65. The normalized spacial score (nSPS) is 15.2. The van der Waals surface area contributed by atoms with Gasteiger partial charge in [-0.3, -0.25) is 14.8 Å². The lowest BCUT2D eigenvalue weighted by Crippen LogP contribution is -2.44. The molecule has 4 N–H and O–H groups in total. The number of hydrogen-bond acceptors (Lipinski definition) is 5. The zero-order chi connectivity index (χ0) is 17.6. The Morgan fingerprint density at radius 3 is 2.65 bits per heavy atom. The van der Waals surface area contributed by atoms with E-state index in [9.17, 15) is 9.59 Å². The van der Waals surface area contributed by atoms with Crippen molar-refractivity contribution in [3.05, 3.63) is 59.7 Å². The van der Waals surface area contributed by atoms with E-state index in [1.165, 1.54) is 5.48 Å². The predicted molar refractivity (Wildman–Crippen MR) is 98.5 cm³/mol. The molecule has 1 atom stereocenters. The molecule has 0 bridgehead atoms. The lowest BCUT2D eigenvalue weighted by molar-refractivity contribution is -0.131. The molecule has 7 nitrogen and oxygen atoms in total. The molecule has 0 fully saturated rings. The topological polar surface area (TPSA) is 99.7 Å². The SMILES string of the molecule is Cl.O=C(COc1ccc2c(c1)CN[C@H](C(=O)Nc1ccccc1)C2)NO. The molecule has 2 amide bonds. The van der Waals surface area contributed by atoms with Crippen molar-refractivity contribution in [2.24, 2.45) is 0 Å². The lowest BCUT2D eigenvalue weighted by atomic mass is 9.95. The molecule has 3 rings (SSSR count). The number of benzene rings is 2. The minimum atomic E-state index is -0.617. The Hall–Kier alpha value is -2.61. The number of nitrogens with one attached hydrogen (secondary N) is 3. The van der Waals surface area contributed by atoms with Crippen LogP contribution < -0.4 is 20.9 Å². The molecule has 1 aliphatic rings. The Morgan fingerprint density at radius 2 is 1.92 bits per heavy atom. The average Bonchev–Trinajstić information content (AvgIpc) is 2.66. The molecule has 0 spiro atoms. The van der Waals surface area contributed by atoms with Gasteiger partial charge in [-0.05, 0) is 41.8 Å². The average molecular weight is 378 g/mol. The lowest BCUT2D eigenvalue weighted by Gasteiger charge is -2.25. The molecule has 8 heteroatoms. The molecular formula is C18H20ClN3O4. The fourth-order valence-corrected chi connectivity index (χ4v) is 2.70. The van der Waals surface area contributed by atoms with Gasteiger partial charge in [0, 0.05) is 12.2 Å². The minimum Gasteiger partial charge on any atom is -0.484 e. The third-order valence-corrected chi connectivity index (χ3v) is 3.99. The number of carbonyl (C=O) groups excluding carboxylic acids is 2. The largest absolute Gasteiger partial charge is 0.484 e. The number of halogens is 1. The highest BCUT2D eigenvalue weighted by molar-refractivity contribution is 5.95. The summed E-state index contributed by atoms with van der Waals surface area (Å²) in [6, 6.07) is 14.5. The first kappa shape index (κ1) is 19.7. The number of amides is 2. The van der Waals surface area contributed by atoms with Crippen LogP contribution in [0.25, 0.3) is 0 Å². The van der Waals surface area contributed by atoms with Gasteiger partial charge in [0.25, 0.3) is 5.91 Å². The molecule has 2 aromatic rings. The van der Waals surface area contributed by atoms with Crippen LogP contribution in [0.3, 0.4) is 0 Å². The van der Waals surface area contributed by atoms with E-state index in [0.717, 1.165) is 16.8 Å². The number of hydroxylamine groups is 1. The van der Waals surface area contributed by atoms with Gasteiger partial charge in [0.05, 0.1) is 6.04 Å². The van der Waals surface area contributed by atoms with Crippen LogP contribution in [-0.2, 0) is 22.6 Å². The third-order valence-electron chi connectivity index (χ3n) is 3.99. The maximum Gasteiger partial charge on any atom is 0.281 e. The first-order valence-electron chi connectivity index (χ1n) is 7.92. The number of ether oxygens (including phenoxy) is 1. The van der Waals surface area contributed by atoms with Crippen molar-refractivity contribution < 1.29 is 19.5 Å². The second kappa shape index (κ2) is 9.19. The number of anilines is 1. The maximum atomic E-state index is 12.4. The minimum absolute atomic E-state index is 0. The van der Waals surface area contributed by atoms with Gasteiger partial charge in [0.1, 0.15) is 5.75 Å². The summed E-state index contributed by atoms with van der Waals surface area (Å²) in [4.78, 5) is 23.4. The van der Waals surface area contributed by atoms with E-state index in [-0.39, 0.29) is 31.0 Å². The van der Waals surface area contributed by atoms with E-state index in [1.807, 2.05) is 42.5 Å².